The van der Waals surface area contributed by atoms with E-state index in [2.05, 4.69) is 56.0 Å². The number of allylic oxidation sites excluding steroid dienone is 2. The summed E-state index contributed by atoms with van der Waals surface area (Å²) in [5.41, 5.74) is 3.89. The fourth-order valence-corrected chi connectivity index (χ4v) is 2.57. The SMILES string of the molecule is CCCc1ccc(C#CC2=CCC(CC)CC2)cc1. The molecule has 1 aromatic rings. The van der Waals surface area contributed by atoms with Crippen LogP contribution in [0.4, 0.5) is 0 Å². The summed E-state index contributed by atoms with van der Waals surface area (Å²) in [4.78, 5) is 0. The standard InChI is InChI=1S/C19H24/c1-3-5-17-10-12-19(13-11-17)15-14-18-8-6-16(4-2)7-9-18/h8,10-13,16H,3-7,9H2,1-2H3. The monoisotopic (exact) mass is 252 g/mol. The highest BCUT2D eigenvalue weighted by Crippen LogP contribution is 2.25. The molecular weight excluding hydrogens is 228 g/mol. The molecule has 1 aromatic carbocycles. The van der Waals surface area contributed by atoms with E-state index in [9.17, 15) is 0 Å². The molecule has 0 aliphatic heterocycles. The third kappa shape index (κ3) is 4.28. The van der Waals surface area contributed by atoms with Crippen molar-refractivity contribution in [1.82, 2.24) is 0 Å². The molecule has 1 unspecified atom stereocenters. The predicted octanol–water partition coefficient (Wildman–Crippen LogP) is 5.13. The summed E-state index contributed by atoms with van der Waals surface area (Å²) in [6, 6.07) is 8.71. The van der Waals surface area contributed by atoms with Crippen molar-refractivity contribution in [2.45, 2.75) is 52.4 Å². The second kappa shape index (κ2) is 7.19. The average molecular weight is 252 g/mol. The van der Waals surface area contributed by atoms with E-state index >= 15 is 0 Å². The second-order valence-electron chi connectivity index (χ2n) is 5.47. The highest BCUT2D eigenvalue weighted by atomic mass is 14.2. The zero-order valence-electron chi connectivity index (χ0n) is 12.2. The van der Waals surface area contributed by atoms with Crippen molar-refractivity contribution < 1.29 is 0 Å². The number of hydrogen-bond donors (Lipinski definition) is 0. The smallest absolute Gasteiger partial charge is 0.0249 e. The van der Waals surface area contributed by atoms with Crippen LogP contribution in [0, 0.1) is 17.8 Å². The molecule has 19 heavy (non-hydrogen) atoms. The summed E-state index contributed by atoms with van der Waals surface area (Å²) < 4.78 is 0. The first kappa shape index (κ1) is 13.9. The fraction of sp³-hybridized carbons (Fsp3) is 0.474. The van der Waals surface area contributed by atoms with E-state index in [0.717, 1.165) is 17.9 Å². The molecule has 0 bridgehead atoms. The third-order valence-corrected chi connectivity index (χ3v) is 3.96. The Morgan fingerprint density at radius 2 is 1.89 bits per heavy atom. The summed E-state index contributed by atoms with van der Waals surface area (Å²) >= 11 is 0. The van der Waals surface area contributed by atoms with Gasteiger partial charge in [-0.3, -0.25) is 0 Å². The number of rotatable bonds is 3. The van der Waals surface area contributed by atoms with Crippen molar-refractivity contribution in [3.05, 3.63) is 47.0 Å². The molecule has 0 fully saturated rings. The lowest BCUT2D eigenvalue weighted by Gasteiger charge is -2.17. The zero-order valence-corrected chi connectivity index (χ0v) is 12.2. The molecule has 0 saturated heterocycles. The maximum atomic E-state index is 3.35. The van der Waals surface area contributed by atoms with Gasteiger partial charge in [-0.25, -0.2) is 0 Å². The Morgan fingerprint density at radius 3 is 2.47 bits per heavy atom. The van der Waals surface area contributed by atoms with Gasteiger partial charge in [0, 0.05) is 5.56 Å². The van der Waals surface area contributed by atoms with Gasteiger partial charge in [-0.2, -0.15) is 0 Å². The highest BCUT2D eigenvalue weighted by molar-refractivity contribution is 5.42. The first-order chi connectivity index (χ1) is 9.31. The van der Waals surface area contributed by atoms with Gasteiger partial charge in [0.25, 0.3) is 0 Å². The lowest BCUT2D eigenvalue weighted by molar-refractivity contribution is 0.460. The van der Waals surface area contributed by atoms with Crippen LogP contribution in [0.5, 0.6) is 0 Å². The number of aryl methyl sites for hydroxylation is 1. The zero-order chi connectivity index (χ0) is 13.5. The van der Waals surface area contributed by atoms with Crippen LogP contribution in [0.1, 0.15) is 57.1 Å². The van der Waals surface area contributed by atoms with Crippen molar-refractivity contribution in [2.75, 3.05) is 0 Å². The van der Waals surface area contributed by atoms with E-state index < -0.39 is 0 Å². The molecule has 1 aliphatic carbocycles. The molecule has 0 saturated carbocycles. The summed E-state index contributed by atoms with van der Waals surface area (Å²) in [6.45, 7) is 4.50. The first-order valence-corrected chi connectivity index (χ1v) is 7.61. The molecule has 0 spiro atoms. The first-order valence-electron chi connectivity index (χ1n) is 7.61. The Bertz CT molecular complexity index is 479. The van der Waals surface area contributed by atoms with Crippen molar-refractivity contribution in [3.8, 4) is 11.8 Å². The molecule has 100 valence electrons. The van der Waals surface area contributed by atoms with Crippen molar-refractivity contribution in [1.29, 1.82) is 0 Å². The maximum absolute atomic E-state index is 3.35. The molecular formula is C19H24. The van der Waals surface area contributed by atoms with Crippen LogP contribution in [0.2, 0.25) is 0 Å². The van der Waals surface area contributed by atoms with Gasteiger partial charge in [-0.05, 0) is 54.9 Å². The van der Waals surface area contributed by atoms with Gasteiger partial charge in [0.05, 0.1) is 0 Å². The minimum absolute atomic E-state index is 0.888. The van der Waals surface area contributed by atoms with E-state index in [4.69, 9.17) is 0 Å². The lowest BCUT2D eigenvalue weighted by atomic mass is 9.88. The van der Waals surface area contributed by atoms with Crippen molar-refractivity contribution in [3.63, 3.8) is 0 Å². The molecule has 0 nitrogen and oxygen atoms in total. The minimum Gasteiger partial charge on any atom is -0.0726 e. The predicted molar refractivity (Wildman–Crippen MR) is 83.0 cm³/mol. The van der Waals surface area contributed by atoms with Crippen molar-refractivity contribution >= 4 is 0 Å². The Labute approximate surface area is 117 Å². The van der Waals surface area contributed by atoms with E-state index in [-0.39, 0.29) is 0 Å². The lowest BCUT2D eigenvalue weighted by Crippen LogP contribution is -2.03. The minimum atomic E-state index is 0.888. The van der Waals surface area contributed by atoms with E-state index in [0.29, 0.717) is 0 Å². The Balaban J connectivity index is 1.98. The molecule has 1 atom stereocenters. The van der Waals surface area contributed by atoms with Gasteiger partial charge in [0.1, 0.15) is 0 Å². The van der Waals surface area contributed by atoms with Gasteiger partial charge >= 0.3 is 0 Å². The largest absolute Gasteiger partial charge is 0.0726 e. The Kier molecular flexibility index (Phi) is 5.28. The maximum Gasteiger partial charge on any atom is 0.0249 e. The van der Waals surface area contributed by atoms with Crippen LogP contribution in [-0.4, -0.2) is 0 Å². The normalized spacial score (nSPS) is 18.4. The average Bonchev–Trinajstić information content (AvgIpc) is 2.47. The summed E-state index contributed by atoms with van der Waals surface area (Å²) in [6.07, 6.45) is 9.71. The Morgan fingerprint density at radius 1 is 1.11 bits per heavy atom. The van der Waals surface area contributed by atoms with E-state index in [1.165, 1.54) is 43.2 Å². The molecule has 0 heterocycles. The summed E-state index contributed by atoms with van der Waals surface area (Å²) in [5.74, 6) is 7.53. The molecule has 0 radical (unpaired) electrons. The van der Waals surface area contributed by atoms with Gasteiger partial charge in [-0.15, -0.1) is 0 Å². The van der Waals surface area contributed by atoms with Crippen LogP contribution < -0.4 is 0 Å². The molecule has 2 rings (SSSR count). The van der Waals surface area contributed by atoms with Crippen LogP contribution in [0.25, 0.3) is 0 Å². The molecule has 0 aromatic heterocycles. The molecule has 0 N–H and O–H groups in total. The van der Waals surface area contributed by atoms with Crippen LogP contribution in [0.15, 0.2) is 35.9 Å². The molecule has 1 aliphatic rings. The number of hydrogen-bond acceptors (Lipinski definition) is 0. The van der Waals surface area contributed by atoms with Gasteiger partial charge < -0.3 is 0 Å². The third-order valence-electron chi connectivity index (χ3n) is 3.96. The van der Waals surface area contributed by atoms with Crippen LogP contribution >= 0.6 is 0 Å². The summed E-state index contributed by atoms with van der Waals surface area (Å²) in [5, 5.41) is 0. The van der Waals surface area contributed by atoms with Gasteiger partial charge in [-0.1, -0.05) is 56.7 Å². The van der Waals surface area contributed by atoms with Crippen LogP contribution in [0.3, 0.4) is 0 Å². The number of benzene rings is 1. The quantitative estimate of drug-likeness (QED) is 0.654. The summed E-state index contributed by atoms with van der Waals surface area (Å²) in [7, 11) is 0. The van der Waals surface area contributed by atoms with Gasteiger partial charge in [0.15, 0.2) is 0 Å². The van der Waals surface area contributed by atoms with Crippen molar-refractivity contribution in [2.24, 2.45) is 5.92 Å². The Hall–Kier alpha value is -1.48. The molecule has 0 amide bonds. The topological polar surface area (TPSA) is 0 Å². The molecule has 0 heteroatoms. The van der Waals surface area contributed by atoms with Crippen LogP contribution in [-0.2, 0) is 6.42 Å². The van der Waals surface area contributed by atoms with Gasteiger partial charge in [0.2, 0.25) is 0 Å². The fourth-order valence-electron chi connectivity index (χ4n) is 2.57. The highest BCUT2D eigenvalue weighted by Gasteiger charge is 2.10. The van der Waals surface area contributed by atoms with E-state index in [1.807, 2.05) is 0 Å². The van der Waals surface area contributed by atoms with E-state index in [1.54, 1.807) is 0 Å². The second-order valence-corrected chi connectivity index (χ2v) is 5.47.